The minimum absolute atomic E-state index is 0.137. The van der Waals surface area contributed by atoms with Crippen molar-refractivity contribution in [2.75, 3.05) is 21.3 Å². The number of esters is 1. The molecule has 31 heavy (non-hydrogen) atoms. The van der Waals surface area contributed by atoms with E-state index in [4.69, 9.17) is 25.8 Å². The van der Waals surface area contributed by atoms with Crippen molar-refractivity contribution in [2.45, 2.75) is 6.54 Å². The van der Waals surface area contributed by atoms with Crippen molar-refractivity contribution in [3.63, 3.8) is 0 Å². The van der Waals surface area contributed by atoms with Crippen molar-refractivity contribution in [3.05, 3.63) is 70.4 Å². The molecule has 0 saturated carbocycles. The van der Waals surface area contributed by atoms with Crippen LogP contribution in [-0.2, 0) is 16.1 Å². The summed E-state index contributed by atoms with van der Waals surface area (Å²) in [5.74, 6) is 0.384. The first-order valence-electron chi connectivity index (χ1n) is 9.24. The first-order valence-corrected chi connectivity index (χ1v) is 9.61. The van der Waals surface area contributed by atoms with E-state index in [0.29, 0.717) is 34.3 Å². The van der Waals surface area contributed by atoms with Crippen molar-refractivity contribution in [1.82, 2.24) is 9.78 Å². The lowest BCUT2D eigenvalue weighted by Crippen LogP contribution is -2.02. The number of carbonyl (C=O) groups excluding carboxylic acids is 1. The molecule has 7 nitrogen and oxygen atoms in total. The summed E-state index contributed by atoms with van der Waals surface area (Å²) in [5, 5.41) is 14.7. The lowest BCUT2D eigenvalue weighted by Gasteiger charge is -2.09. The Morgan fingerprint density at radius 3 is 2.55 bits per heavy atom. The molecule has 0 saturated heterocycles. The van der Waals surface area contributed by atoms with Crippen molar-refractivity contribution < 1.29 is 19.0 Å². The highest BCUT2D eigenvalue weighted by atomic mass is 35.5. The second-order valence-electron chi connectivity index (χ2n) is 6.45. The number of hydrogen-bond donors (Lipinski definition) is 0. The second-order valence-corrected chi connectivity index (χ2v) is 6.86. The van der Waals surface area contributed by atoms with Crippen LogP contribution in [0.3, 0.4) is 0 Å². The number of benzene rings is 2. The molecule has 1 aromatic heterocycles. The normalized spacial score (nSPS) is 11.0. The summed E-state index contributed by atoms with van der Waals surface area (Å²) in [7, 11) is 4.33. The molecule has 158 valence electrons. The van der Waals surface area contributed by atoms with E-state index < -0.39 is 5.97 Å². The smallest absolute Gasteiger partial charge is 0.348 e. The van der Waals surface area contributed by atoms with E-state index in [2.05, 4.69) is 5.10 Å². The van der Waals surface area contributed by atoms with E-state index in [-0.39, 0.29) is 5.57 Å². The first kappa shape index (κ1) is 21.9. The molecule has 0 bridgehead atoms. The molecule has 0 unspecified atom stereocenters. The maximum absolute atomic E-state index is 11.9. The molecule has 3 aromatic rings. The van der Waals surface area contributed by atoms with Gasteiger partial charge in [0, 0.05) is 22.3 Å². The minimum atomic E-state index is -0.723. The first-order chi connectivity index (χ1) is 15.0. The predicted octanol–water partition coefficient (Wildman–Crippen LogP) is 4.35. The zero-order valence-electron chi connectivity index (χ0n) is 17.3. The van der Waals surface area contributed by atoms with Gasteiger partial charge in [0.15, 0.2) is 11.5 Å². The van der Waals surface area contributed by atoms with E-state index in [1.165, 1.54) is 13.2 Å². The molecule has 0 aliphatic heterocycles. The van der Waals surface area contributed by atoms with Crippen LogP contribution >= 0.6 is 11.6 Å². The molecular weight excluding hydrogens is 418 g/mol. The monoisotopic (exact) mass is 437 g/mol. The van der Waals surface area contributed by atoms with Crippen LogP contribution in [-0.4, -0.2) is 37.1 Å². The summed E-state index contributed by atoms with van der Waals surface area (Å²) >= 11 is 6.29. The molecule has 1 heterocycles. The number of aromatic nitrogens is 2. The molecule has 0 atom stereocenters. The molecular formula is C23H20ClN3O4. The van der Waals surface area contributed by atoms with Gasteiger partial charge < -0.3 is 14.2 Å². The Labute approximate surface area is 185 Å². The number of methoxy groups -OCH3 is 3. The highest BCUT2D eigenvalue weighted by Crippen LogP contribution is 2.34. The Kier molecular flexibility index (Phi) is 6.96. The largest absolute Gasteiger partial charge is 0.493 e. The summed E-state index contributed by atoms with van der Waals surface area (Å²) in [5.41, 5.74) is 2.60. The third-order valence-electron chi connectivity index (χ3n) is 4.56. The third kappa shape index (κ3) is 4.87. The maximum Gasteiger partial charge on any atom is 0.348 e. The number of halogens is 1. The van der Waals surface area contributed by atoms with E-state index in [1.54, 1.807) is 37.2 Å². The fourth-order valence-electron chi connectivity index (χ4n) is 3.03. The molecule has 0 amide bonds. The van der Waals surface area contributed by atoms with Crippen LogP contribution in [0.25, 0.3) is 17.3 Å². The molecule has 8 heteroatoms. The Balaban J connectivity index is 2.13. The lowest BCUT2D eigenvalue weighted by molar-refractivity contribution is -0.135. The van der Waals surface area contributed by atoms with Crippen molar-refractivity contribution in [3.8, 4) is 28.8 Å². The summed E-state index contributed by atoms with van der Waals surface area (Å²) in [6, 6.07) is 14.7. The van der Waals surface area contributed by atoms with E-state index in [0.717, 1.165) is 11.1 Å². The molecule has 2 aromatic carbocycles. The zero-order valence-corrected chi connectivity index (χ0v) is 18.0. The second kappa shape index (κ2) is 9.83. The van der Waals surface area contributed by atoms with Gasteiger partial charge in [0.1, 0.15) is 11.6 Å². The Bertz CT molecular complexity index is 1180. The fraction of sp³-hybridized carbons (Fsp3) is 0.174. The zero-order chi connectivity index (χ0) is 22.4. The van der Waals surface area contributed by atoms with Crippen LogP contribution < -0.4 is 9.47 Å². The summed E-state index contributed by atoms with van der Waals surface area (Å²) in [4.78, 5) is 11.9. The van der Waals surface area contributed by atoms with Crippen molar-refractivity contribution >= 4 is 23.6 Å². The maximum atomic E-state index is 11.9. The number of nitrogens with zero attached hydrogens (tertiary/aromatic N) is 3. The average Bonchev–Trinajstić information content (AvgIpc) is 3.20. The van der Waals surface area contributed by atoms with Crippen LogP contribution in [0.4, 0.5) is 0 Å². The van der Waals surface area contributed by atoms with Crippen LogP contribution in [0.2, 0.25) is 5.02 Å². The number of carbonyl (C=O) groups is 1. The molecule has 0 aliphatic carbocycles. The summed E-state index contributed by atoms with van der Waals surface area (Å²) < 4.78 is 17.1. The van der Waals surface area contributed by atoms with Crippen molar-refractivity contribution in [2.24, 2.45) is 0 Å². The van der Waals surface area contributed by atoms with Crippen LogP contribution in [0.15, 0.2) is 54.2 Å². The molecule has 0 spiro atoms. The van der Waals surface area contributed by atoms with Crippen LogP contribution in [0, 0.1) is 11.3 Å². The predicted molar refractivity (Wildman–Crippen MR) is 117 cm³/mol. The quantitative estimate of drug-likeness (QED) is 0.310. The topological polar surface area (TPSA) is 86.4 Å². The van der Waals surface area contributed by atoms with Crippen LogP contribution in [0.5, 0.6) is 11.5 Å². The van der Waals surface area contributed by atoms with Gasteiger partial charge in [-0.25, -0.2) is 4.79 Å². The molecule has 0 fully saturated rings. The average molecular weight is 438 g/mol. The van der Waals surface area contributed by atoms with Gasteiger partial charge >= 0.3 is 5.97 Å². The van der Waals surface area contributed by atoms with Gasteiger partial charge in [-0.3, -0.25) is 4.68 Å². The standard InChI is InChI=1S/C23H20ClN3O4/c1-29-20-9-8-15(11-21(20)30-2)22-18(10-17(12-25)23(28)31-3)14-27(26-22)13-16-6-4-5-7-19(16)24/h4-11,14H,13H2,1-3H3/b17-10+. The summed E-state index contributed by atoms with van der Waals surface area (Å²) in [6.07, 6.45) is 3.20. The highest BCUT2D eigenvalue weighted by Gasteiger charge is 2.17. The molecule has 0 radical (unpaired) electrons. The van der Waals surface area contributed by atoms with Gasteiger partial charge in [0.05, 0.1) is 33.6 Å². The van der Waals surface area contributed by atoms with Gasteiger partial charge in [0.25, 0.3) is 0 Å². The fourth-order valence-corrected chi connectivity index (χ4v) is 3.23. The lowest BCUT2D eigenvalue weighted by atomic mass is 10.1. The van der Waals surface area contributed by atoms with Gasteiger partial charge in [-0.2, -0.15) is 10.4 Å². The third-order valence-corrected chi connectivity index (χ3v) is 4.93. The van der Waals surface area contributed by atoms with Gasteiger partial charge in [-0.15, -0.1) is 0 Å². The Morgan fingerprint density at radius 1 is 1.16 bits per heavy atom. The molecule has 0 N–H and O–H groups in total. The minimum Gasteiger partial charge on any atom is -0.493 e. The number of hydrogen-bond acceptors (Lipinski definition) is 6. The SMILES string of the molecule is COC(=O)/C(C#N)=C/c1cn(Cc2ccccc2Cl)nc1-c1ccc(OC)c(OC)c1. The van der Waals surface area contributed by atoms with Gasteiger partial charge in [0.2, 0.25) is 0 Å². The number of rotatable bonds is 7. The van der Waals surface area contributed by atoms with Crippen molar-refractivity contribution in [1.29, 1.82) is 5.26 Å². The number of ether oxygens (including phenoxy) is 3. The molecule has 0 aliphatic rings. The van der Waals surface area contributed by atoms with Gasteiger partial charge in [-0.05, 0) is 35.9 Å². The van der Waals surface area contributed by atoms with E-state index in [9.17, 15) is 10.1 Å². The molecule has 3 rings (SSSR count). The highest BCUT2D eigenvalue weighted by molar-refractivity contribution is 6.31. The van der Waals surface area contributed by atoms with Gasteiger partial charge in [-0.1, -0.05) is 29.8 Å². The van der Waals surface area contributed by atoms with E-state index >= 15 is 0 Å². The summed E-state index contributed by atoms with van der Waals surface area (Å²) in [6.45, 7) is 0.411. The Hall–Kier alpha value is -3.76. The number of nitriles is 1. The Morgan fingerprint density at radius 2 is 1.90 bits per heavy atom. The van der Waals surface area contributed by atoms with Crippen LogP contribution in [0.1, 0.15) is 11.1 Å². The van der Waals surface area contributed by atoms with E-state index in [1.807, 2.05) is 36.4 Å².